The topological polar surface area (TPSA) is 38.1 Å². The van der Waals surface area contributed by atoms with E-state index >= 15 is 0 Å². The predicted molar refractivity (Wildman–Crippen MR) is 57.5 cm³/mol. The first-order valence-corrected chi connectivity index (χ1v) is 5.08. The lowest BCUT2D eigenvalue weighted by molar-refractivity contribution is 0.152. The maximum atomic E-state index is 9.82. The first kappa shape index (κ1) is 8.68. The Morgan fingerprint density at radius 1 is 1.40 bits per heavy atom. The van der Waals surface area contributed by atoms with E-state index in [4.69, 9.17) is 0 Å². The highest BCUT2D eigenvalue weighted by Gasteiger charge is 2.30. The number of hydrogen-bond donors (Lipinski definition) is 1. The van der Waals surface area contributed by atoms with Crippen LogP contribution in [0.4, 0.5) is 0 Å². The number of hydrogen-bond acceptors (Lipinski definition) is 2. The molecule has 3 heteroatoms. The van der Waals surface area contributed by atoms with Gasteiger partial charge in [-0.25, -0.2) is 4.98 Å². The number of aromatic nitrogens is 2. The van der Waals surface area contributed by atoms with Gasteiger partial charge in [-0.1, -0.05) is 24.3 Å². The number of benzene rings is 1. The highest BCUT2D eigenvalue weighted by Crippen LogP contribution is 2.40. The molecule has 0 aliphatic carbocycles. The van der Waals surface area contributed by atoms with Gasteiger partial charge >= 0.3 is 0 Å². The number of aliphatic hydroxyl groups is 1. The molecular formula is C12H12N2O. The average Bonchev–Trinajstić information content (AvgIpc) is 2.75. The molecule has 2 atom stereocenters. The summed E-state index contributed by atoms with van der Waals surface area (Å²) in [4.78, 5) is 4.13. The number of rotatable bonds is 1. The smallest absolute Gasteiger partial charge is 0.0957 e. The van der Waals surface area contributed by atoms with Crippen molar-refractivity contribution in [3.05, 3.63) is 42.4 Å². The van der Waals surface area contributed by atoms with Crippen LogP contribution in [0.15, 0.2) is 36.8 Å². The Morgan fingerprint density at radius 2 is 2.20 bits per heavy atom. The lowest BCUT2D eigenvalue weighted by atomic mass is 10.0. The molecule has 0 bridgehead atoms. The summed E-state index contributed by atoms with van der Waals surface area (Å²) in [5.74, 6) is 0. The Labute approximate surface area is 88.0 Å². The van der Waals surface area contributed by atoms with Crippen molar-refractivity contribution < 1.29 is 5.11 Å². The van der Waals surface area contributed by atoms with Crippen LogP contribution in [0.5, 0.6) is 0 Å². The van der Waals surface area contributed by atoms with Crippen LogP contribution in [0, 0.1) is 0 Å². The first-order chi connectivity index (χ1) is 7.29. The summed E-state index contributed by atoms with van der Waals surface area (Å²) in [7, 11) is 0. The third-order valence-corrected chi connectivity index (χ3v) is 2.98. The third-order valence-electron chi connectivity index (χ3n) is 2.98. The van der Waals surface area contributed by atoms with E-state index in [9.17, 15) is 5.11 Å². The lowest BCUT2D eigenvalue weighted by Gasteiger charge is -2.17. The van der Waals surface area contributed by atoms with Crippen LogP contribution in [0.25, 0.3) is 11.3 Å². The minimum Gasteiger partial charge on any atom is -0.391 e. The van der Waals surface area contributed by atoms with Crippen LogP contribution in [0.3, 0.4) is 0 Å². The average molecular weight is 200 g/mol. The summed E-state index contributed by atoms with van der Waals surface area (Å²) < 4.78 is 2.04. The molecule has 1 N–H and O–H groups in total. The van der Waals surface area contributed by atoms with E-state index in [0.29, 0.717) is 0 Å². The fourth-order valence-electron chi connectivity index (χ4n) is 2.37. The second-order valence-corrected chi connectivity index (χ2v) is 3.96. The van der Waals surface area contributed by atoms with Gasteiger partial charge < -0.3 is 9.67 Å². The first-order valence-electron chi connectivity index (χ1n) is 5.08. The maximum Gasteiger partial charge on any atom is 0.0957 e. The largest absolute Gasteiger partial charge is 0.391 e. The van der Waals surface area contributed by atoms with Gasteiger partial charge in [0.25, 0.3) is 0 Å². The van der Waals surface area contributed by atoms with Gasteiger partial charge in [0.15, 0.2) is 0 Å². The van der Waals surface area contributed by atoms with Gasteiger partial charge in [0.05, 0.1) is 30.4 Å². The minimum atomic E-state index is -0.401. The molecule has 76 valence electrons. The van der Waals surface area contributed by atoms with Crippen molar-refractivity contribution in [3.8, 4) is 11.3 Å². The summed E-state index contributed by atoms with van der Waals surface area (Å²) in [6.45, 7) is 1.82. The molecule has 1 unspecified atom stereocenters. The van der Waals surface area contributed by atoms with Crippen molar-refractivity contribution in [2.75, 3.05) is 0 Å². The van der Waals surface area contributed by atoms with Crippen molar-refractivity contribution >= 4 is 0 Å². The molecule has 0 saturated carbocycles. The van der Waals surface area contributed by atoms with Crippen molar-refractivity contribution in [1.29, 1.82) is 0 Å². The predicted octanol–water partition coefficient (Wildman–Crippen LogP) is 1.83. The Kier molecular flexibility index (Phi) is 1.70. The molecule has 1 aliphatic rings. The van der Waals surface area contributed by atoms with Gasteiger partial charge in [0.1, 0.15) is 0 Å². The number of nitrogens with zero attached hydrogens (tertiary/aromatic N) is 2. The molecule has 0 radical (unpaired) electrons. The van der Waals surface area contributed by atoms with Crippen LogP contribution in [0.1, 0.15) is 18.5 Å². The Bertz CT molecular complexity index is 502. The number of aliphatic hydroxyl groups excluding tert-OH is 1. The second kappa shape index (κ2) is 2.94. The molecular weight excluding hydrogens is 188 g/mol. The van der Waals surface area contributed by atoms with E-state index in [1.807, 2.05) is 29.8 Å². The van der Waals surface area contributed by atoms with Crippen LogP contribution in [-0.4, -0.2) is 20.8 Å². The lowest BCUT2D eigenvalue weighted by Crippen LogP contribution is -2.18. The van der Waals surface area contributed by atoms with E-state index in [2.05, 4.69) is 17.1 Å². The maximum absolute atomic E-state index is 9.82. The molecule has 2 aromatic rings. The summed E-state index contributed by atoms with van der Waals surface area (Å²) in [6.07, 6.45) is 3.23. The van der Waals surface area contributed by atoms with Gasteiger partial charge in [-0.3, -0.25) is 0 Å². The van der Waals surface area contributed by atoms with Crippen LogP contribution < -0.4 is 0 Å². The van der Waals surface area contributed by atoms with Crippen molar-refractivity contribution in [2.24, 2.45) is 0 Å². The van der Waals surface area contributed by atoms with Crippen molar-refractivity contribution in [2.45, 2.75) is 19.1 Å². The molecule has 0 amide bonds. The Balaban J connectivity index is 2.28. The molecule has 0 spiro atoms. The monoisotopic (exact) mass is 200 g/mol. The van der Waals surface area contributed by atoms with Crippen LogP contribution >= 0.6 is 0 Å². The zero-order chi connectivity index (χ0) is 10.4. The zero-order valence-electron chi connectivity index (χ0n) is 8.46. The SMILES string of the molecule is CC(O)[C@@H]1c2ccccc2-c2cncn21. The molecule has 0 fully saturated rings. The molecule has 0 saturated heterocycles. The van der Waals surface area contributed by atoms with E-state index < -0.39 is 6.10 Å². The number of fused-ring (bicyclic) bond motifs is 3. The quantitative estimate of drug-likeness (QED) is 0.762. The second-order valence-electron chi connectivity index (χ2n) is 3.96. The fraction of sp³-hybridized carbons (Fsp3) is 0.250. The highest BCUT2D eigenvalue weighted by atomic mass is 16.3. The summed E-state index contributed by atoms with van der Waals surface area (Å²) in [5.41, 5.74) is 3.46. The summed E-state index contributed by atoms with van der Waals surface area (Å²) >= 11 is 0. The number of imidazole rings is 1. The normalized spacial score (nSPS) is 19.7. The van der Waals surface area contributed by atoms with Crippen LogP contribution in [-0.2, 0) is 0 Å². The molecule has 3 nitrogen and oxygen atoms in total. The molecule has 2 heterocycles. The van der Waals surface area contributed by atoms with E-state index in [1.165, 1.54) is 11.1 Å². The van der Waals surface area contributed by atoms with Gasteiger partial charge in [-0.15, -0.1) is 0 Å². The van der Waals surface area contributed by atoms with Crippen molar-refractivity contribution in [1.82, 2.24) is 9.55 Å². The van der Waals surface area contributed by atoms with E-state index in [1.54, 1.807) is 6.33 Å². The van der Waals surface area contributed by atoms with E-state index in [0.717, 1.165) is 5.69 Å². The molecule has 15 heavy (non-hydrogen) atoms. The minimum absolute atomic E-state index is 0.0127. The van der Waals surface area contributed by atoms with Gasteiger partial charge in [0.2, 0.25) is 0 Å². The molecule has 1 aromatic heterocycles. The van der Waals surface area contributed by atoms with Gasteiger partial charge in [-0.2, -0.15) is 0 Å². The summed E-state index contributed by atoms with van der Waals surface area (Å²) in [5, 5.41) is 9.82. The Morgan fingerprint density at radius 3 is 3.00 bits per heavy atom. The third kappa shape index (κ3) is 1.07. The van der Waals surface area contributed by atoms with Crippen LogP contribution in [0.2, 0.25) is 0 Å². The fourth-order valence-corrected chi connectivity index (χ4v) is 2.37. The zero-order valence-corrected chi connectivity index (χ0v) is 8.46. The van der Waals surface area contributed by atoms with Crippen molar-refractivity contribution in [3.63, 3.8) is 0 Å². The summed E-state index contributed by atoms with van der Waals surface area (Å²) in [6, 6.07) is 8.18. The Hall–Kier alpha value is -1.61. The van der Waals surface area contributed by atoms with Gasteiger partial charge in [0, 0.05) is 5.56 Å². The standard InChI is InChI=1S/C12H12N2O/c1-8(15)12-10-5-3-2-4-9(10)11-6-13-7-14(11)12/h2-8,12,15H,1H3/t8?,12-/m1/s1. The molecule has 1 aromatic carbocycles. The van der Waals surface area contributed by atoms with E-state index in [-0.39, 0.29) is 6.04 Å². The van der Waals surface area contributed by atoms with Gasteiger partial charge in [-0.05, 0) is 12.5 Å². The molecule has 1 aliphatic heterocycles. The highest BCUT2D eigenvalue weighted by molar-refractivity contribution is 5.69. The molecule has 3 rings (SSSR count).